The lowest BCUT2D eigenvalue weighted by atomic mass is 9.99. The van der Waals surface area contributed by atoms with Crippen molar-refractivity contribution >= 4 is 21.3 Å². The molecule has 1 fully saturated rings. The predicted octanol–water partition coefficient (Wildman–Crippen LogP) is 3.46. The van der Waals surface area contributed by atoms with Crippen LogP contribution in [0.15, 0.2) is 35.9 Å². The van der Waals surface area contributed by atoms with Gasteiger partial charge < -0.3 is 5.32 Å². The van der Waals surface area contributed by atoms with Gasteiger partial charge >= 0.3 is 0 Å². The smallest absolute Gasteiger partial charge is 0.251 e. The highest BCUT2D eigenvalue weighted by Gasteiger charge is 2.39. The number of allylic oxidation sites excluding steroid dienone is 4. The molecule has 1 aromatic carbocycles. The van der Waals surface area contributed by atoms with Crippen LogP contribution in [0.3, 0.4) is 0 Å². The Kier molecular flexibility index (Phi) is 6.69. The van der Waals surface area contributed by atoms with E-state index in [4.69, 9.17) is 0 Å². The third-order valence-corrected chi connectivity index (χ3v) is 7.38. The molecule has 2 heterocycles. The molecule has 1 N–H and O–H groups in total. The van der Waals surface area contributed by atoms with Crippen molar-refractivity contribution < 1.29 is 13.2 Å². The van der Waals surface area contributed by atoms with Crippen LogP contribution in [0, 0.1) is 0 Å². The van der Waals surface area contributed by atoms with Crippen LogP contribution >= 0.6 is 0 Å². The molecule has 1 aliphatic rings. The van der Waals surface area contributed by atoms with Gasteiger partial charge in [0.2, 0.25) is 0 Å². The van der Waals surface area contributed by atoms with Gasteiger partial charge in [-0.2, -0.15) is 4.68 Å². The first-order valence-electron chi connectivity index (χ1n) is 10.7. The quantitative estimate of drug-likeness (QED) is 0.666. The number of carbonyl (C=O) groups is 1. The Morgan fingerprint density at radius 2 is 1.84 bits per heavy atom. The van der Waals surface area contributed by atoms with Crippen LogP contribution in [-0.2, 0) is 9.84 Å². The number of benzene rings is 1. The summed E-state index contributed by atoms with van der Waals surface area (Å²) in [5, 5.41) is 15.0. The number of nitrogens with one attached hydrogen (secondary N) is 1. The summed E-state index contributed by atoms with van der Waals surface area (Å²) in [5.41, 5.74) is 3.33. The first kappa shape index (κ1) is 23.8. The Balaban J connectivity index is 2.06. The molecule has 172 valence electrons. The van der Waals surface area contributed by atoms with Gasteiger partial charge in [-0.1, -0.05) is 31.6 Å². The van der Waals surface area contributed by atoms with Gasteiger partial charge in [-0.3, -0.25) is 4.79 Å². The number of amides is 1. The summed E-state index contributed by atoms with van der Waals surface area (Å²) in [4.78, 5) is 13.2. The number of hydrogen-bond donors (Lipinski definition) is 1. The van der Waals surface area contributed by atoms with Crippen LogP contribution in [-0.4, -0.2) is 51.6 Å². The Morgan fingerprint density at radius 1 is 1.16 bits per heavy atom. The molecule has 1 unspecified atom stereocenters. The fourth-order valence-electron chi connectivity index (χ4n) is 3.67. The van der Waals surface area contributed by atoms with Gasteiger partial charge in [0.1, 0.15) is 0 Å². The number of aromatic nitrogens is 4. The first-order chi connectivity index (χ1) is 14.9. The summed E-state index contributed by atoms with van der Waals surface area (Å²) in [6.45, 7) is 11.8. The standard InChI is InChI=1S/C23H31N5O3S/c1-15(2)7-8-17(5)18-11-19(22(29)24-23(6)9-10-32(30,31)14-23)13-20(12-18)28-21(16(3)4)25-26-27-28/h7-8,11-13,16H,9-10,14H2,1-6H3,(H,24,29)/b17-8+. The fraction of sp³-hybridized carbons (Fsp3) is 0.478. The van der Waals surface area contributed by atoms with E-state index in [0.29, 0.717) is 23.5 Å². The molecule has 1 atom stereocenters. The minimum absolute atomic E-state index is 0.0533. The van der Waals surface area contributed by atoms with E-state index in [2.05, 4.69) is 20.8 Å². The Morgan fingerprint density at radius 3 is 2.44 bits per heavy atom. The van der Waals surface area contributed by atoms with Gasteiger partial charge in [-0.25, -0.2) is 8.42 Å². The van der Waals surface area contributed by atoms with Crippen LogP contribution in [0.25, 0.3) is 11.3 Å². The minimum atomic E-state index is -3.14. The lowest BCUT2D eigenvalue weighted by Gasteiger charge is -2.24. The first-order valence-corrected chi connectivity index (χ1v) is 12.5. The molecule has 0 bridgehead atoms. The monoisotopic (exact) mass is 457 g/mol. The molecule has 0 saturated carbocycles. The molecule has 8 nitrogen and oxygen atoms in total. The van der Waals surface area contributed by atoms with E-state index in [1.165, 1.54) is 0 Å². The SMILES string of the molecule is CC(C)=C/C=C(\C)c1cc(C(=O)NC2(C)CCS(=O)(=O)C2)cc(-n2nnnc2C(C)C)c1. The Hall–Kier alpha value is -2.81. The Labute approximate surface area is 189 Å². The molecular formula is C23H31N5O3S. The summed E-state index contributed by atoms with van der Waals surface area (Å²) in [6.07, 6.45) is 4.42. The lowest BCUT2D eigenvalue weighted by molar-refractivity contribution is 0.0915. The third kappa shape index (κ3) is 5.51. The fourth-order valence-corrected chi connectivity index (χ4v) is 5.77. The zero-order chi connectivity index (χ0) is 23.7. The molecule has 1 aliphatic heterocycles. The van der Waals surface area contributed by atoms with Crippen LogP contribution < -0.4 is 5.32 Å². The minimum Gasteiger partial charge on any atom is -0.346 e. The number of sulfone groups is 1. The largest absolute Gasteiger partial charge is 0.346 e. The maximum Gasteiger partial charge on any atom is 0.251 e. The van der Waals surface area contributed by atoms with Crippen molar-refractivity contribution in [3.8, 4) is 5.69 Å². The highest BCUT2D eigenvalue weighted by Crippen LogP contribution is 2.26. The van der Waals surface area contributed by atoms with E-state index in [-0.39, 0.29) is 23.3 Å². The number of carbonyl (C=O) groups excluding carboxylic acids is 1. The molecule has 32 heavy (non-hydrogen) atoms. The Bertz CT molecular complexity index is 1190. The van der Waals surface area contributed by atoms with Crippen molar-refractivity contribution in [2.45, 2.75) is 59.4 Å². The van der Waals surface area contributed by atoms with Crippen LogP contribution in [0.1, 0.15) is 75.6 Å². The average molecular weight is 458 g/mol. The van der Waals surface area contributed by atoms with Crippen molar-refractivity contribution in [2.24, 2.45) is 0 Å². The van der Waals surface area contributed by atoms with E-state index in [9.17, 15) is 13.2 Å². The summed E-state index contributed by atoms with van der Waals surface area (Å²) in [7, 11) is -3.14. The second kappa shape index (κ2) is 8.97. The highest BCUT2D eigenvalue weighted by atomic mass is 32.2. The molecule has 3 rings (SSSR count). The molecule has 1 saturated heterocycles. The van der Waals surface area contributed by atoms with E-state index in [0.717, 1.165) is 16.7 Å². The number of tetrazole rings is 1. The van der Waals surface area contributed by atoms with Gasteiger partial charge in [0.05, 0.1) is 22.7 Å². The van der Waals surface area contributed by atoms with Crippen LogP contribution in [0.2, 0.25) is 0 Å². The lowest BCUT2D eigenvalue weighted by Crippen LogP contribution is -2.47. The molecule has 1 aromatic heterocycles. The zero-order valence-electron chi connectivity index (χ0n) is 19.5. The van der Waals surface area contributed by atoms with E-state index in [1.807, 2.05) is 58.9 Å². The summed E-state index contributed by atoms with van der Waals surface area (Å²) >= 11 is 0. The summed E-state index contributed by atoms with van der Waals surface area (Å²) in [6, 6.07) is 5.50. The summed E-state index contributed by atoms with van der Waals surface area (Å²) < 4.78 is 25.6. The number of hydrogen-bond acceptors (Lipinski definition) is 6. The van der Waals surface area contributed by atoms with Crippen molar-refractivity contribution in [3.63, 3.8) is 0 Å². The van der Waals surface area contributed by atoms with Crippen molar-refractivity contribution in [1.82, 2.24) is 25.5 Å². The molecule has 9 heteroatoms. The molecular weight excluding hydrogens is 426 g/mol. The van der Waals surface area contributed by atoms with E-state index >= 15 is 0 Å². The van der Waals surface area contributed by atoms with Crippen molar-refractivity contribution in [1.29, 1.82) is 0 Å². The second-order valence-corrected chi connectivity index (χ2v) is 11.5. The van der Waals surface area contributed by atoms with Gasteiger partial charge in [-0.05, 0) is 73.9 Å². The number of rotatable bonds is 6. The maximum atomic E-state index is 13.2. The van der Waals surface area contributed by atoms with Crippen molar-refractivity contribution in [3.05, 3.63) is 52.9 Å². The van der Waals surface area contributed by atoms with Crippen LogP contribution in [0.4, 0.5) is 0 Å². The summed E-state index contributed by atoms with van der Waals surface area (Å²) in [5.74, 6) is 0.496. The maximum absolute atomic E-state index is 13.2. The predicted molar refractivity (Wildman–Crippen MR) is 125 cm³/mol. The average Bonchev–Trinajstić information content (AvgIpc) is 3.30. The normalized spacial score (nSPS) is 20.4. The van der Waals surface area contributed by atoms with Crippen LogP contribution in [0.5, 0.6) is 0 Å². The molecule has 1 amide bonds. The highest BCUT2D eigenvalue weighted by molar-refractivity contribution is 7.91. The second-order valence-electron chi connectivity index (χ2n) is 9.32. The van der Waals surface area contributed by atoms with Crippen molar-refractivity contribution in [2.75, 3.05) is 11.5 Å². The van der Waals surface area contributed by atoms with E-state index < -0.39 is 15.4 Å². The molecule has 2 aromatic rings. The van der Waals surface area contributed by atoms with Gasteiger partial charge in [0, 0.05) is 11.5 Å². The van der Waals surface area contributed by atoms with Gasteiger partial charge in [0.15, 0.2) is 15.7 Å². The molecule has 0 radical (unpaired) electrons. The van der Waals surface area contributed by atoms with Gasteiger partial charge in [-0.15, -0.1) is 5.10 Å². The zero-order valence-corrected chi connectivity index (χ0v) is 20.3. The topological polar surface area (TPSA) is 107 Å². The molecule has 0 spiro atoms. The third-order valence-electron chi connectivity index (χ3n) is 5.48. The number of nitrogens with zero attached hydrogens (tertiary/aromatic N) is 4. The van der Waals surface area contributed by atoms with Gasteiger partial charge in [0.25, 0.3) is 5.91 Å². The molecule has 0 aliphatic carbocycles. The van der Waals surface area contributed by atoms with E-state index in [1.54, 1.807) is 17.7 Å².